The number of aliphatic hydroxyl groups excluding tert-OH is 1. The molecule has 1 N–H and O–H groups in total. The molecule has 0 spiro atoms. The number of aliphatic hydroxyl groups is 1. The molecule has 0 heterocycles. The van der Waals surface area contributed by atoms with E-state index in [0.29, 0.717) is 0 Å². The molecule has 2 heteroatoms. The van der Waals surface area contributed by atoms with Gasteiger partial charge in [0, 0.05) is 10.5 Å². The molecule has 1 rings (SSSR count). The van der Waals surface area contributed by atoms with Gasteiger partial charge in [-0.3, -0.25) is 0 Å². The van der Waals surface area contributed by atoms with Crippen LogP contribution in [0, 0.1) is 11.8 Å². The highest BCUT2D eigenvalue weighted by atomic mass is 32.1. The van der Waals surface area contributed by atoms with Crippen LogP contribution < -0.4 is 0 Å². The lowest BCUT2D eigenvalue weighted by atomic mass is 10.2. The van der Waals surface area contributed by atoms with Gasteiger partial charge in [-0.25, -0.2) is 0 Å². The molecule has 0 bridgehead atoms. The smallest absolute Gasteiger partial charge is 0.104 e. The highest BCUT2D eigenvalue weighted by molar-refractivity contribution is 7.80. The van der Waals surface area contributed by atoms with Gasteiger partial charge in [0.05, 0.1) is 0 Å². The lowest BCUT2D eigenvalue weighted by Crippen LogP contribution is -1.76. The fraction of sp³-hybridized carbons (Fsp3) is 0.111. The van der Waals surface area contributed by atoms with Crippen LogP contribution in [0.4, 0.5) is 0 Å². The van der Waals surface area contributed by atoms with Crippen LogP contribution in [0.2, 0.25) is 0 Å². The van der Waals surface area contributed by atoms with Crippen molar-refractivity contribution < 1.29 is 5.11 Å². The second-order valence-electron chi connectivity index (χ2n) is 2.01. The van der Waals surface area contributed by atoms with Crippen LogP contribution in [0.1, 0.15) is 5.56 Å². The van der Waals surface area contributed by atoms with Gasteiger partial charge in [0.1, 0.15) is 6.61 Å². The monoisotopic (exact) mass is 164 g/mol. The minimum Gasteiger partial charge on any atom is -0.384 e. The van der Waals surface area contributed by atoms with E-state index in [1.54, 1.807) is 0 Å². The predicted molar refractivity (Wildman–Crippen MR) is 47.7 cm³/mol. The Hall–Kier alpha value is -0.910. The zero-order valence-corrected chi connectivity index (χ0v) is 6.81. The minimum atomic E-state index is -0.100. The fourth-order valence-electron chi connectivity index (χ4n) is 0.725. The van der Waals surface area contributed by atoms with Crippen molar-refractivity contribution in [3.05, 3.63) is 29.8 Å². The summed E-state index contributed by atoms with van der Waals surface area (Å²) in [5, 5.41) is 8.40. The first-order valence-corrected chi connectivity index (χ1v) is 3.66. The molecule has 0 aliphatic rings. The molecule has 0 unspecified atom stereocenters. The number of hydrogen-bond acceptors (Lipinski definition) is 2. The quantitative estimate of drug-likeness (QED) is 0.437. The Morgan fingerprint density at radius 3 is 2.91 bits per heavy atom. The van der Waals surface area contributed by atoms with E-state index in [1.165, 1.54) is 0 Å². The summed E-state index contributed by atoms with van der Waals surface area (Å²) in [6.07, 6.45) is 0. The number of rotatable bonds is 0. The van der Waals surface area contributed by atoms with Gasteiger partial charge in [0.25, 0.3) is 0 Å². The van der Waals surface area contributed by atoms with Crippen LogP contribution in [0.3, 0.4) is 0 Å². The molecule has 0 aliphatic heterocycles. The van der Waals surface area contributed by atoms with Crippen molar-refractivity contribution in [3.63, 3.8) is 0 Å². The van der Waals surface area contributed by atoms with Crippen molar-refractivity contribution in [2.45, 2.75) is 4.90 Å². The first-order valence-electron chi connectivity index (χ1n) is 3.21. The molecule has 0 radical (unpaired) electrons. The number of thiol groups is 1. The molecule has 0 amide bonds. The normalized spacial score (nSPS) is 8.55. The first-order chi connectivity index (χ1) is 5.33. The lowest BCUT2D eigenvalue weighted by molar-refractivity contribution is 0.350. The maximum absolute atomic E-state index is 8.40. The zero-order valence-electron chi connectivity index (χ0n) is 5.91. The molecule has 0 aliphatic carbocycles. The molecule has 1 nitrogen and oxygen atoms in total. The predicted octanol–water partition coefficient (Wildman–Crippen LogP) is 1.32. The van der Waals surface area contributed by atoms with Crippen LogP contribution in [0.15, 0.2) is 29.2 Å². The molecule has 0 atom stereocenters. The van der Waals surface area contributed by atoms with Crippen LogP contribution in [-0.2, 0) is 0 Å². The van der Waals surface area contributed by atoms with Crippen molar-refractivity contribution >= 4 is 12.6 Å². The SMILES string of the molecule is OCC#Cc1cccc(S)c1. The third-order valence-corrected chi connectivity index (χ3v) is 1.44. The van der Waals surface area contributed by atoms with E-state index in [-0.39, 0.29) is 6.61 Å². The summed E-state index contributed by atoms with van der Waals surface area (Å²) < 4.78 is 0. The van der Waals surface area contributed by atoms with Gasteiger partial charge in [-0.05, 0) is 18.2 Å². The van der Waals surface area contributed by atoms with Gasteiger partial charge in [0.15, 0.2) is 0 Å². The van der Waals surface area contributed by atoms with E-state index in [4.69, 9.17) is 5.11 Å². The molecule has 0 saturated carbocycles. The minimum absolute atomic E-state index is 0.100. The van der Waals surface area contributed by atoms with E-state index < -0.39 is 0 Å². The van der Waals surface area contributed by atoms with Gasteiger partial charge in [-0.15, -0.1) is 12.6 Å². The highest BCUT2D eigenvalue weighted by Gasteiger charge is 1.85. The maximum atomic E-state index is 8.40. The summed E-state index contributed by atoms with van der Waals surface area (Å²) in [6, 6.07) is 7.49. The van der Waals surface area contributed by atoms with E-state index in [2.05, 4.69) is 24.5 Å². The zero-order chi connectivity index (χ0) is 8.10. The van der Waals surface area contributed by atoms with Crippen molar-refractivity contribution in [3.8, 4) is 11.8 Å². The maximum Gasteiger partial charge on any atom is 0.104 e. The van der Waals surface area contributed by atoms with E-state index in [1.807, 2.05) is 24.3 Å². The highest BCUT2D eigenvalue weighted by Crippen LogP contribution is 2.06. The van der Waals surface area contributed by atoms with Gasteiger partial charge in [-0.1, -0.05) is 17.9 Å². The summed E-state index contributed by atoms with van der Waals surface area (Å²) in [5.74, 6) is 5.35. The van der Waals surface area contributed by atoms with Crippen molar-refractivity contribution in [1.29, 1.82) is 0 Å². The Balaban J connectivity index is 2.87. The Morgan fingerprint density at radius 2 is 2.27 bits per heavy atom. The molecule has 1 aromatic carbocycles. The summed E-state index contributed by atoms with van der Waals surface area (Å²) in [6.45, 7) is -0.100. The van der Waals surface area contributed by atoms with Gasteiger partial charge >= 0.3 is 0 Å². The van der Waals surface area contributed by atoms with Crippen LogP contribution in [0.25, 0.3) is 0 Å². The Bertz CT molecular complexity index is 296. The Labute approximate surface area is 71.5 Å². The Morgan fingerprint density at radius 1 is 1.45 bits per heavy atom. The van der Waals surface area contributed by atoms with Crippen LogP contribution in [0.5, 0.6) is 0 Å². The third-order valence-electron chi connectivity index (χ3n) is 1.16. The van der Waals surface area contributed by atoms with Gasteiger partial charge in [-0.2, -0.15) is 0 Å². The summed E-state index contributed by atoms with van der Waals surface area (Å²) in [4.78, 5) is 0.884. The molecule has 0 saturated heterocycles. The molecular weight excluding hydrogens is 156 g/mol. The van der Waals surface area contributed by atoms with Crippen molar-refractivity contribution in [2.75, 3.05) is 6.61 Å². The average Bonchev–Trinajstić information content (AvgIpc) is 2.01. The topological polar surface area (TPSA) is 20.2 Å². The number of benzene rings is 1. The van der Waals surface area contributed by atoms with Gasteiger partial charge < -0.3 is 5.11 Å². The fourth-order valence-corrected chi connectivity index (χ4v) is 0.950. The molecule has 0 aromatic heterocycles. The molecule has 1 aromatic rings. The standard InChI is InChI=1S/C9H8OS/c10-6-2-4-8-3-1-5-9(11)7-8/h1,3,5,7,10-11H,6H2. The largest absolute Gasteiger partial charge is 0.384 e. The average molecular weight is 164 g/mol. The second kappa shape index (κ2) is 4.07. The van der Waals surface area contributed by atoms with E-state index in [9.17, 15) is 0 Å². The van der Waals surface area contributed by atoms with Crippen LogP contribution in [-0.4, -0.2) is 11.7 Å². The van der Waals surface area contributed by atoms with Gasteiger partial charge in [0.2, 0.25) is 0 Å². The van der Waals surface area contributed by atoms with Crippen LogP contribution >= 0.6 is 12.6 Å². The molecule has 0 fully saturated rings. The summed E-state index contributed by atoms with van der Waals surface area (Å²) >= 11 is 4.15. The summed E-state index contributed by atoms with van der Waals surface area (Å²) in [5.41, 5.74) is 0.881. The third kappa shape index (κ3) is 2.67. The van der Waals surface area contributed by atoms with E-state index in [0.717, 1.165) is 10.5 Å². The molecule has 11 heavy (non-hydrogen) atoms. The molecule has 56 valence electrons. The van der Waals surface area contributed by atoms with E-state index >= 15 is 0 Å². The van der Waals surface area contributed by atoms with Crippen molar-refractivity contribution in [2.24, 2.45) is 0 Å². The Kier molecular flexibility index (Phi) is 3.03. The first kappa shape index (κ1) is 8.19. The lowest BCUT2D eigenvalue weighted by Gasteiger charge is -1.90. The second-order valence-corrected chi connectivity index (χ2v) is 2.53. The van der Waals surface area contributed by atoms with Crippen molar-refractivity contribution in [1.82, 2.24) is 0 Å². The molecular formula is C9H8OS. The summed E-state index contributed by atoms with van der Waals surface area (Å²) in [7, 11) is 0. The number of hydrogen-bond donors (Lipinski definition) is 2.